The fourth-order valence-corrected chi connectivity index (χ4v) is 1.70. The van der Waals surface area contributed by atoms with Gasteiger partial charge in [0.15, 0.2) is 5.76 Å². The van der Waals surface area contributed by atoms with Crippen molar-refractivity contribution in [3.8, 4) is 0 Å². The fraction of sp³-hybridized carbons (Fsp3) is 0.267. The number of nitrogens with one attached hydrogen (secondary N) is 1. The first kappa shape index (κ1) is 12.4. The molecule has 94 valence electrons. The molecule has 0 fully saturated rings. The fourth-order valence-electron chi connectivity index (χ4n) is 1.70. The van der Waals surface area contributed by atoms with E-state index in [2.05, 4.69) is 31.3 Å². The number of amides is 1. The molecule has 0 atom stereocenters. The zero-order chi connectivity index (χ0) is 13.0. The molecule has 2 aromatic rings. The molecule has 1 aromatic heterocycles. The van der Waals surface area contributed by atoms with Crippen LogP contribution in [0.3, 0.4) is 0 Å². The molecular weight excluding hydrogens is 226 g/mol. The van der Waals surface area contributed by atoms with E-state index in [-0.39, 0.29) is 5.91 Å². The summed E-state index contributed by atoms with van der Waals surface area (Å²) in [7, 11) is 0. The first-order valence-corrected chi connectivity index (χ1v) is 6.07. The van der Waals surface area contributed by atoms with Crippen molar-refractivity contribution < 1.29 is 9.21 Å². The Bertz CT molecular complexity index is 498. The summed E-state index contributed by atoms with van der Waals surface area (Å²) in [5.41, 5.74) is 2.38. The Labute approximate surface area is 107 Å². The largest absolute Gasteiger partial charge is 0.459 e. The van der Waals surface area contributed by atoms with Crippen molar-refractivity contribution >= 4 is 5.91 Å². The van der Waals surface area contributed by atoms with E-state index in [1.54, 1.807) is 12.1 Å². The molecular formula is C15H17NO2. The van der Waals surface area contributed by atoms with Gasteiger partial charge in [0.05, 0.1) is 6.26 Å². The molecule has 0 spiro atoms. The SMILES string of the molecule is CC(C)c1ccc(CNC(=O)c2ccco2)cc1. The van der Waals surface area contributed by atoms with Crippen LogP contribution < -0.4 is 5.32 Å². The summed E-state index contributed by atoms with van der Waals surface area (Å²) in [6, 6.07) is 11.6. The Hall–Kier alpha value is -2.03. The normalized spacial score (nSPS) is 10.6. The monoisotopic (exact) mass is 243 g/mol. The maximum absolute atomic E-state index is 11.6. The van der Waals surface area contributed by atoms with Gasteiger partial charge in [-0.2, -0.15) is 0 Å². The summed E-state index contributed by atoms with van der Waals surface area (Å²) >= 11 is 0. The highest BCUT2D eigenvalue weighted by molar-refractivity contribution is 5.91. The minimum absolute atomic E-state index is 0.187. The standard InChI is InChI=1S/C15H17NO2/c1-11(2)13-7-5-12(6-8-13)10-16-15(17)14-4-3-9-18-14/h3-9,11H,10H2,1-2H3,(H,16,17). The molecule has 1 aromatic carbocycles. The Morgan fingerprint density at radius 1 is 1.22 bits per heavy atom. The zero-order valence-corrected chi connectivity index (χ0v) is 10.6. The molecule has 0 radical (unpaired) electrons. The number of hydrogen-bond acceptors (Lipinski definition) is 2. The number of furan rings is 1. The van der Waals surface area contributed by atoms with E-state index >= 15 is 0 Å². The summed E-state index contributed by atoms with van der Waals surface area (Å²) < 4.78 is 5.02. The second kappa shape index (κ2) is 5.54. The number of rotatable bonds is 4. The average Bonchev–Trinajstić information content (AvgIpc) is 2.90. The Kier molecular flexibility index (Phi) is 3.82. The number of carbonyl (C=O) groups excluding carboxylic acids is 1. The van der Waals surface area contributed by atoms with Crippen LogP contribution in [-0.4, -0.2) is 5.91 Å². The van der Waals surface area contributed by atoms with Crippen LogP contribution in [0.5, 0.6) is 0 Å². The van der Waals surface area contributed by atoms with E-state index < -0.39 is 0 Å². The van der Waals surface area contributed by atoms with Gasteiger partial charge in [0.1, 0.15) is 0 Å². The predicted molar refractivity (Wildman–Crippen MR) is 70.4 cm³/mol. The molecule has 2 rings (SSSR count). The molecule has 0 aliphatic heterocycles. The average molecular weight is 243 g/mol. The van der Waals surface area contributed by atoms with E-state index in [1.807, 2.05) is 12.1 Å². The van der Waals surface area contributed by atoms with Crippen molar-refractivity contribution in [3.63, 3.8) is 0 Å². The number of benzene rings is 1. The van der Waals surface area contributed by atoms with Gasteiger partial charge in [0.2, 0.25) is 0 Å². The molecule has 3 nitrogen and oxygen atoms in total. The van der Waals surface area contributed by atoms with Crippen molar-refractivity contribution in [2.24, 2.45) is 0 Å². The van der Waals surface area contributed by atoms with Crippen LogP contribution in [0.4, 0.5) is 0 Å². The predicted octanol–water partition coefficient (Wildman–Crippen LogP) is 3.33. The third-order valence-electron chi connectivity index (χ3n) is 2.84. The minimum Gasteiger partial charge on any atom is -0.459 e. The van der Waals surface area contributed by atoms with Crippen molar-refractivity contribution in [2.75, 3.05) is 0 Å². The van der Waals surface area contributed by atoms with Crippen LogP contribution in [0.1, 0.15) is 41.4 Å². The summed E-state index contributed by atoms with van der Waals surface area (Å²) in [6.45, 7) is 4.83. The van der Waals surface area contributed by atoms with Gasteiger partial charge in [-0.1, -0.05) is 38.1 Å². The molecule has 18 heavy (non-hydrogen) atoms. The molecule has 0 saturated carbocycles. The third kappa shape index (κ3) is 3.00. The maximum Gasteiger partial charge on any atom is 0.287 e. The second-order valence-electron chi connectivity index (χ2n) is 4.56. The molecule has 0 unspecified atom stereocenters. The van der Waals surface area contributed by atoms with E-state index in [1.165, 1.54) is 11.8 Å². The topological polar surface area (TPSA) is 42.2 Å². The van der Waals surface area contributed by atoms with E-state index in [9.17, 15) is 4.79 Å². The zero-order valence-electron chi connectivity index (χ0n) is 10.6. The smallest absolute Gasteiger partial charge is 0.287 e. The van der Waals surface area contributed by atoms with E-state index in [4.69, 9.17) is 4.42 Å². The van der Waals surface area contributed by atoms with Crippen molar-refractivity contribution in [3.05, 3.63) is 59.5 Å². The van der Waals surface area contributed by atoms with Gasteiger partial charge < -0.3 is 9.73 Å². The second-order valence-corrected chi connectivity index (χ2v) is 4.56. The molecule has 0 bridgehead atoms. The van der Waals surface area contributed by atoms with Gasteiger partial charge in [-0.25, -0.2) is 0 Å². The molecule has 1 N–H and O–H groups in total. The lowest BCUT2D eigenvalue weighted by atomic mass is 10.0. The molecule has 1 heterocycles. The summed E-state index contributed by atoms with van der Waals surface area (Å²) in [5.74, 6) is 0.679. The number of hydrogen-bond donors (Lipinski definition) is 1. The van der Waals surface area contributed by atoms with Gasteiger partial charge >= 0.3 is 0 Å². The lowest BCUT2D eigenvalue weighted by Crippen LogP contribution is -2.22. The van der Waals surface area contributed by atoms with Gasteiger partial charge in [-0.05, 0) is 29.2 Å². The van der Waals surface area contributed by atoms with Crippen molar-refractivity contribution in [1.29, 1.82) is 0 Å². The first-order chi connectivity index (χ1) is 8.66. The van der Waals surface area contributed by atoms with Crippen LogP contribution in [0.25, 0.3) is 0 Å². The number of carbonyl (C=O) groups is 1. The molecule has 0 saturated heterocycles. The van der Waals surface area contributed by atoms with Gasteiger partial charge in [0, 0.05) is 6.54 Å². The lowest BCUT2D eigenvalue weighted by molar-refractivity contribution is 0.0923. The summed E-state index contributed by atoms with van der Waals surface area (Å²) in [5, 5.41) is 2.82. The molecule has 0 aliphatic rings. The molecule has 1 amide bonds. The Morgan fingerprint density at radius 3 is 2.50 bits per heavy atom. The van der Waals surface area contributed by atoms with E-state index in [0.29, 0.717) is 18.2 Å². The van der Waals surface area contributed by atoms with Crippen LogP contribution in [0.2, 0.25) is 0 Å². The third-order valence-corrected chi connectivity index (χ3v) is 2.84. The highest BCUT2D eigenvalue weighted by Crippen LogP contribution is 2.14. The van der Waals surface area contributed by atoms with Crippen LogP contribution >= 0.6 is 0 Å². The van der Waals surface area contributed by atoms with E-state index in [0.717, 1.165) is 5.56 Å². The summed E-state index contributed by atoms with van der Waals surface area (Å²) in [4.78, 5) is 11.6. The highest BCUT2D eigenvalue weighted by atomic mass is 16.3. The molecule has 3 heteroatoms. The van der Waals surface area contributed by atoms with Crippen LogP contribution in [0, 0.1) is 0 Å². The minimum atomic E-state index is -0.187. The summed E-state index contributed by atoms with van der Waals surface area (Å²) in [6.07, 6.45) is 1.49. The van der Waals surface area contributed by atoms with Crippen LogP contribution in [0.15, 0.2) is 47.1 Å². The van der Waals surface area contributed by atoms with Gasteiger partial charge in [-0.3, -0.25) is 4.79 Å². The maximum atomic E-state index is 11.6. The van der Waals surface area contributed by atoms with Crippen LogP contribution in [-0.2, 0) is 6.54 Å². The molecule has 0 aliphatic carbocycles. The highest BCUT2D eigenvalue weighted by Gasteiger charge is 2.07. The Balaban J connectivity index is 1.92. The first-order valence-electron chi connectivity index (χ1n) is 6.07. The van der Waals surface area contributed by atoms with Crippen molar-refractivity contribution in [1.82, 2.24) is 5.32 Å². The Morgan fingerprint density at radius 2 is 1.94 bits per heavy atom. The van der Waals surface area contributed by atoms with Gasteiger partial charge in [0.25, 0.3) is 5.91 Å². The quantitative estimate of drug-likeness (QED) is 0.895. The lowest BCUT2D eigenvalue weighted by Gasteiger charge is -2.07. The van der Waals surface area contributed by atoms with Crippen molar-refractivity contribution in [2.45, 2.75) is 26.3 Å². The van der Waals surface area contributed by atoms with Gasteiger partial charge in [-0.15, -0.1) is 0 Å².